The molecule has 1 N–H and O–H groups in total. The predicted molar refractivity (Wildman–Crippen MR) is 155 cm³/mol. The number of benzene rings is 2. The van der Waals surface area contributed by atoms with Gasteiger partial charge in [-0.25, -0.2) is 9.79 Å². The number of carbonyl (C=O) groups is 5. The smallest absolute Gasteiger partial charge is 0.408 e. The van der Waals surface area contributed by atoms with Crippen LogP contribution in [0.5, 0.6) is 0 Å². The van der Waals surface area contributed by atoms with E-state index in [1.807, 2.05) is 48.5 Å². The van der Waals surface area contributed by atoms with Gasteiger partial charge in [0.1, 0.15) is 24.3 Å². The molecule has 0 radical (unpaired) electrons. The molecule has 0 aromatic heterocycles. The van der Waals surface area contributed by atoms with Gasteiger partial charge < -0.3 is 14.8 Å². The van der Waals surface area contributed by atoms with Crippen LogP contribution in [0, 0.1) is 0 Å². The molecule has 0 spiro atoms. The topological polar surface area (TPSA) is 131 Å². The Bertz CT molecular complexity index is 1380. The Morgan fingerprint density at radius 1 is 1.05 bits per heavy atom. The number of alkyl halides is 1. The minimum absolute atomic E-state index is 0.0412. The van der Waals surface area contributed by atoms with Crippen LogP contribution in [0.4, 0.5) is 10.5 Å². The number of amides is 3. The zero-order valence-corrected chi connectivity index (χ0v) is 24.7. The van der Waals surface area contributed by atoms with Gasteiger partial charge in [0.2, 0.25) is 5.91 Å². The van der Waals surface area contributed by atoms with Gasteiger partial charge in [0.25, 0.3) is 5.91 Å². The summed E-state index contributed by atoms with van der Waals surface area (Å²) in [5, 5.41) is 2.51. The van der Waals surface area contributed by atoms with Crippen LogP contribution in [0.3, 0.4) is 0 Å². The van der Waals surface area contributed by atoms with E-state index in [4.69, 9.17) is 9.47 Å². The summed E-state index contributed by atoms with van der Waals surface area (Å²) in [4.78, 5) is 70.4. The number of esters is 1. The molecule has 0 saturated heterocycles. The largest absolute Gasteiger partial charge is 0.460 e. The van der Waals surface area contributed by atoms with Gasteiger partial charge in [-0.05, 0) is 50.3 Å². The lowest BCUT2D eigenvalue weighted by atomic mass is 10.0. The second-order valence-corrected chi connectivity index (χ2v) is 11.4. The summed E-state index contributed by atoms with van der Waals surface area (Å²) in [5.41, 5.74) is 2.04. The van der Waals surface area contributed by atoms with E-state index in [2.05, 4.69) is 26.2 Å². The van der Waals surface area contributed by atoms with E-state index >= 15 is 0 Å². The Morgan fingerprint density at radius 3 is 2.44 bits per heavy atom. The summed E-state index contributed by atoms with van der Waals surface area (Å²) in [7, 11) is 0. The number of nitrogens with zero attached hydrogens (tertiary/aromatic N) is 2. The Balaban J connectivity index is 1.56. The number of Topliss-reactive ketones (excluding diaryl/α,β-unsaturated/α-hetero) is 1. The average molecular weight is 627 g/mol. The predicted octanol–water partition coefficient (Wildman–Crippen LogP) is 3.85. The van der Waals surface area contributed by atoms with Crippen LogP contribution >= 0.6 is 15.9 Å². The number of hydrogen-bond acceptors (Lipinski definition) is 7. The van der Waals surface area contributed by atoms with Crippen molar-refractivity contribution in [2.45, 2.75) is 70.7 Å². The number of ketones is 1. The quantitative estimate of drug-likeness (QED) is 0.268. The van der Waals surface area contributed by atoms with Crippen molar-refractivity contribution in [2.75, 3.05) is 10.2 Å². The van der Waals surface area contributed by atoms with Crippen molar-refractivity contribution in [3.05, 3.63) is 65.2 Å². The maximum absolute atomic E-state index is 13.8. The number of hydrogen-bond donors (Lipinski definition) is 1. The number of ether oxygens (including phenoxy) is 2. The molecule has 2 aromatic carbocycles. The molecule has 2 heterocycles. The van der Waals surface area contributed by atoms with Gasteiger partial charge in [-0.2, -0.15) is 0 Å². The fraction of sp³-hybridized carbons (Fsp3) is 0.400. The lowest BCUT2D eigenvalue weighted by Crippen LogP contribution is -2.52. The maximum Gasteiger partial charge on any atom is 0.408 e. The first-order chi connectivity index (χ1) is 19.5. The molecular formula is C30H32BrN3O7. The van der Waals surface area contributed by atoms with Crippen molar-refractivity contribution in [1.82, 2.24) is 5.32 Å². The fourth-order valence-electron chi connectivity index (χ4n) is 4.87. The monoisotopic (exact) mass is 625 g/mol. The normalized spacial score (nSPS) is 18.3. The molecule has 41 heavy (non-hydrogen) atoms. The first-order valence-corrected chi connectivity index (χ1v) is 14.4. The van der Waals surface area contributed by atoms with Gasteiger partial charge in [0.15, 0.2) is 5.78 Å². The van der Waals surface area contributed by atoms with Crippen molar-refractivity contribution in [2.24, 2.45) is 4.99 Å². The fourth-order valence-corrected chi connectivity index (χ4v) is 5.19. The van der Waals surface area contributed by atoms with E-state index < -0.39 is 53.8 Å². The van der Waals surface area contributed by atoms with E-state index in [9.17, 15) is 24.0 Å². The molecule has 0 bridgehead atoms. The van der Waals surface area contributed by atoms with E-state index in [0.717, 1.165) is 16.7 Å². The molecule has 4 rings (SSSR count). The molecule has 0 saturated carbocycles. The van der Waals surface area contributed by atoms with Crippen molar-refractivity contribution in [3.8, 4) is 0 Å². The van der Waals surface area contributed by atoms with E-state index in [0.29, 0.717) is 18.5 Å². The number of para-hydroxylation sites is 1. The molecule has 216 valence electrons. The van der Waals surface area contributed by atoms with E-state index in [1.54, 1.807) is 20.8 Å². The highest BCUT2D eigenvalue weighted by molar-refractivity contribution is 9.09. The average Bonchev–Trinajstić information content (AvgIpc) is 3.26. The third-order valence-corrected chi connectivity index (χ3v) is 7.13. The molecule has 2 aliphatic rings. The summed E-state index contributed by atoms with van der Waals surface area (Å²) in [6, 6.07) is 12.7. The molecule has 2 atom stereocenters. The molecule has 10 nitrogen and oxygen atoms in total. The van der Waals surface area contributed by atoms with Crippen molar-refractivity contribution in [1.29, 1.82) is 0 Å². The standard InChI is InChI=1S/C30H32BrN3O7/c1-30(2,3)41-25(36)15-22(24(35)16-31)32-27(37)23-14-20-11-7-10-19-12-13-21(28(38)34(23)26(19)20)33-29(39)40-17-18-8-5-4-6-9-18/h4-11,21,23H,12-17H2,1-3H3,(H,33,39)/t21-,23-/m0/s1. The van der Waals surface area contributed by atoms with Gasteiger partial charge in [0, 0.05) is 6.42 Å². The third-order valence-electron chi connectivity index (χ3n) is 6.62. The Labute approximate surface area is 246 Å². The summed E-state index contributed by atoms with van der Waals surface area (Å²) >= 11 is 3.08. The van der Waals surface area contributed by atoms with Crippen LogP contribution in [-0.4, -0.2) is 58.4 Å². The molecule has 0 fully saturated rings. The van der Waals surface area contributed by atoms with Gasteiger partial charge >= 0.3 is 12.1 Å². The highest BCUT2D eigenvalue weighted by Crippen LogP contribution is 2.39. The van der Waals surface area contributed by atoms with Crippen molar-refractivity contribution >= 4 is 57.0 Å². The Hall–Kier alpha value is -3.86. The van der Waals surface area contributed by atoms with Crippen LogP contribution in [0.15, 0.2) is 53.5 Å². The lowest BCUT2D eigenvalue weighted by molar-refractivity contribution is -0.153. The van der Waals surface area contributed by atoms with Crippen LogP contribution in [-0.2, 0) is 48.1 Å². The van der Waals surface area contributed by atoms with Crippen LogP contribution < -0.4 is 10.2 Å². The number of nitrogens with one attached hydrogen (secondary N) is 1. The second-order valence-electron chi connectivity index (χ2n) is 10.9. The number of carbonyl (C=O) groups excluding carboxylic acids is 5. The van der Waals surface area contributed by atoms with Crippen LogP contribution in [0.2, 0.25) is 0 Å². The maximum atomic E-state index is 13.8. The van der Waals surface area contributed by atoms with E-state index in [-0.39, 0.29) is 24.1 Å². The number of halogens is 1. The SMILES string of the molecule is CC(C)(C)OC(=O)CC(=NC(=O)[C@@H]1Cc2cccc3c2N1C(=O)[C@@H](NC(=O)OCc1ccccc1)CC3)C(=O)CBr. The molecule has 11 heteroatoms. The van der Waals surface area contributed by atoms with Gasteiger partial charge in [0.05, 0.1) is 23.1 Å². The summed E-state index contributed by atoms with van der Waals surface area (Å²) < 4.78 is 10.6. The van der Waals surface area contributed by atoms with Gasteiger partial charge in [-0.1, -0.05) is 64.5 Å². The minimum Gasteiger partial charge on any atom is -0.460 e. The number of rotatable bonds is 8. The van der Waals surface area contributed by atoms with E-state index in [1.165, 1.54) is 4.90 Å². The summed E-state index contributed by atoms with van der Waals surface area (Å²) in [6.07, 6.45) is -0.247. The van der Waals surface area contributed by atoms with Crippen molar-refractivity contribution < 1.29 is 33.4 Å². The number of aryl methyl sites for hydroxylation is 1. The molecule has 0 aliphatic carbocycles. The third kappa shape index (κ3) is 7.46. The zero-order chi connectivity index (χ0) is 29.7. The molecule has 0 unspecified atom stereocenters. The summed E-state index contributed by atoms with van der Waals surface area (Å²) in [5.74, 6) is -2.44. The first kappa shape index (κ1) is 30.1. The Morgan fingerprint density at radius 2 is 1.76 bits per heavy atom. The van der Waals surface area contributed by atoms with Crippen molar-refractivity contribution in [3.63, 3.8) is 0 Å². The van der Waals surface area contributed by atoms with Crippen LogP contribution in [0.1, 0.15) is 50.3 Å². The Kier molecular flexibility index (Phi) is 9.37. The molecule has 2 aromatic rings. The van der Waals surface area contributed by atoms with Gasteiger partial charge in [-0.15, -0.1) is 0 Å². The second kappa shape index (κ2) is 12.8. The first-order valence-electron chi connectivity index (χ1n) is 13.3. The minimum atomic E-state index is -1.04. The highest BCUT2D eigenvalue weighted by Gasteiger charge is 2.44. The highest BCUT2D eigenvalue weighted by atomic mass is 79.9. The number of anilines is 1. The number of alkyl carbamates (subject to hydrolysis) is 1. The lowest BCUT2D eigenvalue weighted by Gasteiger charge is -2.26. The molecular weight excluding hydrogens is 594 g/mol. The molecule has 3 amide bonds. The zero-order valence-electron chi connectivity index (χ0n) is 23.1. The number of aliphatic imine (C=N–C) groups is 1. The van der Waals surface area contributed by atoms with Crippen LogP contribution in [0.25, 0.3) is 0 Å². The molecule has 2 aliphatic heterocycles. The van der Waals surface area contributed by atoms with Gasteiger partial charge in [-0.3, -0.25) is 24.1 Å². The summed E-state index contributed by atoms with van der Waals surface area (Å²) in [6.45, 7) is 5.12.